The fourth-order valence-electron chi connectivity index (χ4n) is 0.961. The summed E-state index contributed by atoms with van der Waals surface area (Å²) in [5.74, 6) is 3.53. The van der Waals surface area contributed by atoms with Gasteiger partial charge in [0.2, 0.25) is 0 Å². The van der Waals surface area contributed by atoms with Crippen molar-refractivity contribution in [2.45, 2.75) is 17.9 Å². The zero-order chi connectivity index (χ0) is 9.52. The Morgan fingerprint density at radius 3 is 3.00 bits per heavy atom. The minimum Gasteiger partial charge on any atom is -0.392 e. The summed E-state index contributed by atoms with van der Waals surface area (Å²) in [6.45, 7) is 0.101. The van der Waals surface area contributed by atoms with Gasteiger partial charge in [0.15, 0.2) is 0 Å². The van der Waals surface area contributed by atoms with Gasteiger partial charge in [0.25, 0.3) is 0 Å². The van der Waals surface area contributed by atoms with Crippen molar-refractivity contribution in [3.63, 3.8) is 0 Å². The molecule has 0 saturated heterocycles. The maximum Gasteiger partial charge on any atom is 0.0682 e. The third-order valence-electron chi connectivity index (χ3n) is 1.60. The highest BCUT2D eigenvalue weighted by atomic mass is 32.2. The van der Waals surface area contributed by atoms with Crippen molar-refractivity contribution in [2.75, 3.05) is 5.75 Å². The van der Waals surface area contributed by atoms with Crippen LogP contribution >= 0.6 is 11.8 Å². The van der Waals surface area contributed by atoms with Crippen LogP contribution in [0.4, 0.5) is 0 Å². The first-order chi connectivity index (χ1) is 6.36. The molecule has 0 atom stereocenters. The van der Waals surface area contributed by atoms with Gasteiger partial charge in [-0.15, -0.1) is 24.1 Å². The van der Waals surface area contributed by atoms with Gasteiger partial charge in [-0.1, -0.05) is 12.1 Å². The second kappa shape index (κ2) is 5.69. The highest BCUT2D eigenvalue weighted by molar-refractivity contribution is 7.99. The molecule has 2 heteroatoms. The fraction of sp³-hybridized carbons (Fsp3) is 0.273. The van der Waals surface area contributed by atoms with Gasteiger partial charge in [-0.2, -0.15) is 0 Å². The minimum atomic E-state index is 0.101. The Bertz CT molecular complexity index is 301. The summed E-state index contributed by atoms with van der Waals surface area (Å²) in [5, 5.41) is 8.89. The van der Waals surface area contributed by atoms with Crippen molar-refractivity contribution in [3.8, 4) is 12.3 Å². The maximum atomic E-state index is 8.89. The number of rotatable bonds is 4. The van der Waals surface area contributed by atoms with E-state index in [9.17, 15) is 0 Å². The quantitative estimate of drug-likeness (QED) is 0.449. The molecule has 1 nitrogen and oxygen atoms in total. The molecule has 1 rings (SSSR count). The Balaban J connectivity index is 2.52. The highest BCUT2D eigenvalue weighted by Crippen LogP contribution is 2.19. The molecule has 0 aliphatic rings. The number of hydrogen-bond acceptors (Lipinski definition) is 2. The van der Waals surface area contributed by atoms with Gasteiger partial charge in [0.1, 0.15) is 0 Å². The summed E-state index contributed by atoms with van der Waals surface area (Å²) in [5.41, 5.74) is 0.950. The van der Waals surface area contributed by atoms with E-state index < -0.39 is 0 Å². The molecule has 0 fully saturated rings. The van der Waals surface area contributed by atoms with Crippen LogP contribution < -0.4 is 0 Å². The van der Waals surface area contributed by atoms with Gasteiger partial charge >= 0.3 is 0 Å². The Morgan fingerprint density at radius 1 is 1.46 bits per heavy atom. The van der Waals surface area contributed by atoms with Gasteiger partial charge in [-0.25, -0.2) is 0 Å². The van der Waals surface area contributed by atoms with E-state index >= 15 is 0 Å². The van der Waals surface area contributed by atoms with Crippen LogP contribution in [0, 0.1) is 12.3 Å². The maximum absolute atomic E-state index is 8.89. The van der Waals surface area contributed by atoms with Crippen LogP contribution in [0.2, 0.25) is 0 Å². The summed E-state index contributed by atoms with van der Waals surface area (Å²) in [4.78, 5) is 1.17. The number of benzene rings is 1. The van der Waals surface area contributed by atoms with Crippen LogP contribution in [0.5, 0.6) is 0 Å². The Hall–Kier alpha value is -0.910. The zero-order valence-electron chi connectivity index (χ0n) is 7.36. The average molecular weight is 192 g/mol. The van der Waals surface area contributed by atoms with Gasteiger partial charge in [0, 0.05) is 17.1 Å². The predicted molar refractivity (Wildman–Crippen MR) is 56.5 cm³/mol. The van der Waals surface area contributed by atoms with Crippen LogP contribution in [0.15, 0.2) is 29.2 Å². The first kappa shape index (κ1) is 10.2. The molecular weight excluding hydrogens is 180 g/mol. The summed E-state index contributed by atoms with van der Waals surface area (Å²) in [6, 6.07) is 7.87. The molecule has 13 heavy (non-hydrogen) atoms. The zero-order valence-corrected chi connectivity index (χ0v) is 8.18. The summed E-state index contributed by atoms with van der Waals surface area (Å²) < 4.78 is 0. The summed E-state index contributed by atoms with van der Waals surface area (Å²) in [6.07, 6.45) is 5.93. The van der Waals surface area contributed by atoms with E-state index in [-0.39, 0.29) is 6.61 Å². The molecule has 0 bridgehead atoms. The summed E-state index contributed by atoms with van der Waals surface area (Å²) >= 11 is 1.72. The van der Waals surface area contributed by atoms with Crippen molar-refractivity contribution in [1.29, 1.82) is 0 Å². The van der Waals surface area contributed by atoms with Crippen molar-refractivity contribution in [1.82, 2.24) is 0 Å². The fourth-order valence-corrected chi connectivity index (χ4v) is 1.83. The number of terminal acetylenes is 1. The van der Waals surface area contributed by atoms with Crippen LogP contribution in [-0.2, 0) is 6.61 Å². The van der Waals surface area contributed by atoms with E-state index in [2.05, 4.69) is 5.92 Å². The summed E-state index contributed by atoms with van der Waals surface area (Å²) in [7, 11) is 0. The third kappa shape index (κ3) is 3.54. The standard InChI is InChI=1S/C11H12OS/c1-2-3-7-13-11-6-4-5-10(8-11)9-12/h1,4-6,8,12H,3,7,9H2. The Labute approximate surface area is 83.2 Å². The molecule has 0 spiro atoms. The van der Waals surface area contributed by atoms with Gasteiger partial charge in [0.05, 0.1) is 6.61 Å². The van der Waals surface area contributed by atoms with Crippen molar-refractivity contribution >= 4 is 11.8 Å². The first-order valence-corrected chi connectivity index (χ1v) is 5.11. The number of aliphatic hydroxyl groups is 1. The first-order valence-electron chi connectivity index (χ1n) is 4.13. The molecule has 0 radical (unpaired) electrons. The Morgan fingerprint density at radius 2 is 2.31 bits per heavy atom. The molecule has 0 amide bonds. The smallest absolute Gasteiger partial charge is 0.0682 e. The largest absolute Gasteiger partial charge is 0.392 e. The molecule has 0 unspecified atom stereocenters. The van der Waals surface area contributed by atoms with Crippen molar-refractivity contribution < 1.29 is 5.11 Å². The molecule has 1 N–H and O–H groups in total. The van der Waals surface area contributed by atoms with Crippen LogP contribution in [-0.4, -0.2) is 10.9 Å². The molecular formula is C11H12OS. The number of hydrogen-bond donors (Lipinski definition) is 1. The third-order valence-corrected chi connectivity index (χ3v) is 2.59. The average Bonchev–Trinajstić information content (AvgIpc) is 2.19. The number of thioether (sulfide) groups is 1. The van der Waals surface area contributed by atoms with Gasteiger partial charge < -0.3 is 5.11 Å². The van der Waals surface area contributed by atoms with Crippen LogP contribution in [0.25, 0.3) is 0 Å². The van der Waals surface area contributed by atoms with Crippen LogP contribution in [0.3, 0.4) is 0 Å². The van der Waals surface area contributed by atoms with Gasteiger partial charge in [-0.05, 0) is 17.7 Å². The predicted octanol–water partition coefficient (Wildman–Crippen LogP) is 2.29. The molecule has 0 saturated carbocycles. The SMILES string of the molecule is C#CCCSc1cccc(CO)c1. The second-order valence-electron chi connectivity index (χ2n) is 2.61. The lowest BCUT2D eigenvalue weighted by atomic mass is 10.2. The van der Waals surface area contributed by atoms with Crippen LogP contribution in [0.1, 0.15) is 12.0 Å². The van der Waals surface area contributed by atoms with Gasteiger partial charge in [-0.3, -0.25) is 0 Å². The monoisotopic (exact) mass is 192 g/mol. The van der Waals surface area contributed by atoms with E-state index in [1.165, 1.54) is 4.90 Å². The van der Waals surface area contributed by atoms with Crippen molar-refractivity contribution in [2.24, 2.45) is 0 Å². The van der Waals surface area contributed by atoms with E-state index in [0.717, 1.165) is 17.7 Å². The highest BCUT2D eigenvalue weighted by Gasteiger charge is 1.94. The lowest BCUT2D eigenvalue weighted by Gasteiger charge is -2.01. The Kier molecular flexibility index (Phi) is 4.45. The molecule has 1 aromatic carbocycles. The molecule has 0 heterocycles. The normalized spacial score (nSPS) is 9.54. The molecule has 1 aromatic rings. The molecule has 0 aromatic heterocycles. The van der Waals surface area contributed by atoms with E-state index in [1.807, 2.05) is 24.3 Å². The second-order valence-corrected chi connectivity index (χ2v) is 3.78. The number of aliphatic hydroxyl groups excluding tert-OH is 1. The lowest BCUT2D eigenvalue weighted by molar-refractivity contribution is 0.281. The molecule has 68 valence electrons. The molecule has 0 aliphatic heterocycles. The minimum absolute atomic E-state index is 0.101. The lowest BCUT2D eigenvalue weighted by Crippen LogP contribution is -1.83. The topological polar surface area (TPSA) is 20.2 Å². The van der Waals surface area contributed by atoms with E-state index in [0.29, 0.717) is 0 Å². The van der Waals surface area contributed by atoms with E-state index in [1.54, 1.807) is 11.8 Å². The molecule has 0 aliphatic carbocycles. The van der Waals surface area contributed by atoms with E-state index in [4.69, 9.17) is 11.5 Å². The van der Waals surface area contributed by atoms with Crippen molar-refractivity contribution in [3.05, 3.63) is 29.8 Å².